The Morgan fingerprint density at radius 2 is 2.19 bits per heavy atom. The van der Waals surface area contributed by atoms with Crippen molar-refractivity contribution in [3.8, 4) is 10.6 Å². The molecule has 1 aliphatic rings. The zero-order valence-electron chi connectivity index (χ0n) is 14.9. The van der Waals surface area contributed by atoms with Gasteiger partial charge in [-0.1, -0.05) is 0 Å². The average molecular weight is 435 g/mol. The molecule has 3 aromatic heterocycles. The average Bonchev–Trinajstić information content (AvgIpc) is 3.24. The zero-order chi connectivity index (χ0) is 18.4. The lowest BCUT2D eigenvalue weighted by atomic mass is 9.91. The van der Waals surface area contributed by atoms with Gasteiger partial charge >= 0.3 is 0 Å². The van der Waals surface area contributed by atoms with E-state index in [0.717, 1.165) is 41.5 Å². The second-order valence-corrected chi connectivity index (χ2v) is 8.61. The number of rotatable bonds is 4. The van der Waals surface area contributed by atoms with Crippen LogP contribution in [-0.2, 0) is 20.0 Å². The largest absolute Gasteiger partial charge is 0.292 e. The lowest BCUT2D eigenvalue weighted by molar-refractivity contribution is 0.0944. The van der Waals surface area contributed by atoms with Crippen molar-refractivity contribution in [1.29, 1.82) is 0 Å². The molecule has 136 valence electrons. The second-order valence-electron chi connectivity index (χ2n) is 6.70. The Labute approximate surface area is 163 Å². The first kappa shape index (κ1) is 17.5. The maximum atomic E-state index is 13.1. The standard InChI is InChI=1S/C17H19BrN6OS/c1-9-10(2)26-16(20-9)12-8-19-23(3)15(12)13(25)6-11-4-5-24-14(7-11)21-17(18)22-24/h8,11H,4-7H2,1-3H3. The molecule has 0 saturated heterocycles. The van der Waals surface area contributed by atoms with E-state index in [-0.39, 0.29) is 11.7 Å². The Bertz CT molecular complexity index is 968. The molecule has 1 aliphatic heterocycles. The summed E-state index contributed by atoms with van der Waals surface area (Å²) in [4.78, 5) is 23.2. The minimum atomic E-state index is 0.113. The van der Waals surface area contributed by atoms with Crippen LogP contribution in [0.2, 0.25) is 0 Å². The number of Topliss-reactive ketones (excluding diaryl/α,β-unsaturated/α-hetero) is 1. The number of carbonyl (C=O) groups is 1. The van der Waals surface area contributed by atoms with E-state index in [2.05, 4.69) is 36.1 Å². The van der Waals surface area contributed by atoms with Crippen molar-refractivity contribution < 1.29 is 4.79 Å². The molecule has 7 nitrogen and oxygen atoms in total. The molecule has 0 spiro atoms. The van der Waals surface area contributed by atoms with Crippen molar-refractivity contribution in [2.24, 2.45) is 13.0 Å². The van der Waals surface area contributed by atoms with Gasteiger partial charge in [0.15, 0.2) is 5.78 Å². The molecular weight excluding hydrogens is 416 g/mol. The van der Waals surface area contributed by atoms with E-state index in [4.69, 9.17) is 0 Å². The Balaban J connectivity index is 1.57. The van der Waals surface area contributed by atoms with Crippen LogP contribution in [0.25, 0.3) is 10.6 Å². The molecule has 1 unspecified atom stereocenters. The fourth-order valence-electron chi connectivity index (χ4n) is 3.38. The van der Waals surface area contributed by atoms with E-state index in [1.807, 2.05) is 25.6 Å². The molecule has 0 saturated carbocycles. The molecule has 0 radical (unpaired) electrons. The molecule has 9 heteroatoms. The van der Waals surface area contributed by atoms with Crippen LogP contribution in [0.15, 0.2) is 10.9 Å². The first-order chi connectivity index (χ1) is 12.4. The molecule has 26 heavy (non-hydrogen) atoms. The lowest BCUT2D eigenvalue weighted by Crippen LogP contribution is -2.23. The molecule has 0 N–H and O–H groups in total. The fraction of sp³-hybridized carbons (Fsp3) is 0.471. The van der Waals surface area contributed by atoms with Crippen LogP contribution in [0.3, 0.4) is 0 Å². The third-order valence-corrected chi connectivity index (χ3v) is 6.32. The summed E-state index contributed by atoms with van der Waals surface area (Å²) in [5.41, 5.74) is 2.48. The molecule has 0 fully saturated rings. The number of halogens is 1. The van der Waals surface area contributed by atoms with E-state index in [1.54, 1.807) is 22.2 Å². The summed E-state index contributed by atoms with van der Waals surface area (Å²) >= 11 is 4.93. The third-order valence-electron chi connectivity index (χ3n) is 4.88. The van der Waals surface area contributed by atoms with E-state index < -0.39 is 0 Å². The number of thiazole rings is 1. The molecule has 0 aliphatic carbocycles. The number of hydrogen-bond donors (Lipinski definition) is 0. The van der Waals surface area contributed by atoms with Gasteiger partial charge in [0.25, 0.3) is 0 Å². The monoisotopic (exact) mass is 434 g/mol. The molecule has 1 atom stereocenters. The molecule has 4 heterocycles. The van der Waals surface area contributed by atoms with Gasteiger partial charge < -0.3 is 0 Å². The van der Waals surface area contributed by atoms with Crippen molar-refractivity contribution in [1.82, 2.24) is 29.5 Å². The van der Waals surface area contributed by atoms with Crippen LogP contribution < -0.4 is 0 Å². The van der Waals surface area contributed by atoms with Crippen molar-refractivity contribution >= 4 is 33.0 Å². The van der Waals surface area contributed by atoms with E-state index >= 15 is 0 Å². The number of hydrogen-bond acceptors (Lipinski definition) is 6. The van der Waals surface area contributed by atoms with E-state index in [1.165, 1.54) is 4.88 Å². The summed E-state index contributed by atoms with van der Waals surface area (Å²) in [5, 5.41) is 9.49. The van der Waals surface area contributed by atoms with Gasteiger partial charge in [-0.25, -0.2) is 14.6 Å². The third kappa shape index (κ3) is 3.14. The van der Waals surface area contributed by atoms with Gasteiger partial charge in [-0.2, -0.15) is 5.10 Å². The maximum absolute atomic E-state index is 13.1. The number of fused-ring (bicyclic) bond motifs is 1. The van der Waals surface area contributed by atoms with Gasteiger partial charge in [0.05, 0.1) is 17.5 Å². The number of ketones is 1. The SMILES string of the molecule is Cc1nc(-c2cnn(C)c2C(=O)CC2CCn3nc(Br)nc3C2)sc1C. The van der Waals surface area contributed by atoms with Crippen LogP contribution in [0.5, 0.6) is 0 Å². The Kier molecular flexibility index (Phi) is 4.52. The molecule has 4 rings (SSSR count). The Morgan fingerprint density at radius 1 is 1.38 bits per heavy atom. The van der Waals surface area contributed by atoms with Gasteiger partial charge in [-0.15, -0.1) is 16.4 Å². The highest BCUT2D eigenvalue weighted by Gasteiger charge is 2.27. The summed E-state index contributed by atoms with van der Waals surface area (Å²) in [6, 6.07) is 0. The second kappa shape index (κ2) is 6.70. The zero-order valence-corrected chi connectivity index (χ0v) is 17.3. The van der Waals surface area contributed by atoms with Crippen molar-refractivity contribution in [3.63, 3.8) is 0 Å². The van der Waals surface area contributed by atoms with Crippen LogP contribution in [0.4, 0.5) is 0 Å². The number of aromatic nitrogens is 6. The summed E-state index contributed by atoms with van der Waals surface area (Å²) in [5.74, 6) is 1.33. The highest BCUT2D eigenvalue weighted by Crippen LogP contribution is 2.32. The Hall–Kier alpha value is -1.87. The maximum Gasteiger partial charge on any atom is 0.217 e. The molecule has 0 amide bonds. The first-order valence-corrected chi connectivity index (χ1v) is 10.1. The lowest BCUT2D eigenvalue weighted by Gasteiger charge is -2.21. The van der Waals surface area contributed by atoms with E-state index in [9.17, 15) is 4.79 Å². The fourth-order valence-corrected chi connectivity index (χ4v) is 4.71. The molecular formula is C17H19BrN6OS. The van der Waals surface area contributed by atoms with Crippen molar-refractivity contribution in [3.05, 3.63) is 33.0 Å². The molecule has 0 aromatic carbocycles. The highest BCUT2D eigenvalue weighted by atomic mass is 79.9. The summed E-state index contributed by atoms with van der Waals surface area (Å²) in [6.45, 7) is 4.84. The molecule has 3 aromatic rings. The van der Waals surface area contributed by atoms with Gasteiger partial charge in [-0.3, -0.25) is 9.48 Å². The van der Waals surface area contributed by atoms with Crippen LogP contribution >= 0.6 is 27.3 Å². The topological polar surface area (TPSA) is 78.5 Å². The highest BCUT2D eigenvalue weighted by molar-refractivity contribution is 9.10. The predicted octanol–water partition coefficient (Wildman–Crippen LogP) is 3.35. The number of nitrogens with zero attached hydrogens (tertiary/aromatic N) is 6. The van der Waals surface area contributed by atoms with Crippen molar-refractivity contribution in [2.75, 3.05) is 0 Å². The number of aryl methyl sites for hydroxylation is 4. The smallest absolute Gasteiger partial charge is 0.217 e. The summed E-state index contributed by atoms with van der Waals surface area (Å²) < 4.78 is 4.20. The van der Waals surface area contributed by atoms with Crippen LogP contribution in [-0.4, -0.2) is 35.3 Å². The first-order valence-electron chi connectivity index (χ1n) is 8.51. The number of carbonyl (C=O) groups excluding carboxylic acids is 1. The minimum absolute atomic E-state index is 0.113. The minimum Gasteiger partial charge on any atom is -0.292 e. The predicted molar refractivity (Wildman–Crippen MR) is 102 cm³/mol. The van der Waals surface area contributed by atoms with Gasteiger partial charge in [-0.05, 0) is 42.1 Å². The summed E-state index contributed by atoms with van der Waals surface area (Å²) in [6.07, 6.45) is 3.93. The van der Waals surface area contributed by atoms with Gasteiger partial charge in [0.2, 0.25) is 4.73 Å². The van der Waals surface area contributed by atoms with Crippen LogP contribution in [0.1, 0.15) is 39.7 Å². The normalized spacial score (nSPS) is 16.7. The van der Waals surface area contributed by atoms with Crippen molar-refractivity contribution in [2.45, 2.75) is 39.7 Å². The van der Waals surface area contributed by atoms with Crippen LogP contribution in [0, 0.1) is 19.8 Å². The van der Waals surface area contributed by atoms with Gasteiger partial charge in [0, 0.05) is 31.3 Å². The quantitative estimate of drug-likeness (QED) is 0.588. The Morgan fingerprint density at radius 3 is 2.92 bits per heavy atom. The molecule has 0 bridgehead atoms. The summed E-state index contributed by atoms with van der Waals surface area (Å²) in [7, 11) is 1.82. The van der Waals surface area contributed by atoms with Gasteiger partial charge in [0.1, 0.15) is 16.5 Å². The van der Waals surface area contributed by atoms with E-state index in [0.29, 0.717) is 16.8 Å².